The lowest BCUT2D eigenvalue weighted by atomic mass is 9.95. The monoisotopic (exact) mass is 445 g/mol. The number of carbonyl (C=O) groups excluding carboxylic acids is 1. The van der Waals surface area contributed by atoms with Gasteiger partial charge in [-0.25, -0.2) is 0 Å². The minimum atomic E-state index is -0.960. The zero-order valence-electron chi connectivity index (χ0n) is 18.9. The van der Waals surface area contributed by atoms with Crippen LogP contribution < -0.4 is 10.1 Å². The molecule has 6 nitrogen and oxygen atoms in total. The number of nitrogens with one attached hydrogen (secondary N) is 1. The van der Waals surface area contributed by atoms with Gasteiger partial charge in [0.15, 0.2) is 11.5 Å². The normalized spacial score (nSPS) is 11.8. The Morgan fingerprint density at radius 3 is 2.26 bits per heavy atom. The fourth-order valence-corrected chi connectivity index (χ4v) is 3.34. The fraction of sp³-hybridized carbons (Fsp3) is 0.417. The number of ether oxygens (including phenoxy) is 1. The highest BCUT2D eigenvalue weighted by Crippen LogP contribution is 2.38. The second-order valence-corrected chi connectivity index (χ2v) is 11.2. The highest BCUT2D eigenvalue weighted by atomic mass is 32.2. The number of phenols is 1. The van der Waals surface area contributed by atoms with Crippen molar-refractivity contribution in [1.29, 1.82) is 0 Å². The first-order valence-corrected chi connectivity index (χ1v) is 11.0. The third kappa shape index (κ3) is 7.83. The molecule has 1 amide bonds. The van der Waals surface area contributed by atoms with Crippen LogP contribution in [0, 0.1) is 5.41 Å². The summed E-state index contributed by atoms with van der Waals surface area (Å²) in [6.07, 6.45) is -0.166. The summed E-state index contributed by atoms with van der Waals surface area (Å²) >= 11 is 1.73. The summed E-state index contributed by atoms with van der Waals surface area (Å²) in [6.45, 7) is 11.9. The molecule has 0 aliphatic heterocycles. The van der Waals surface area contributed by atoms with Gasteiger partial charge in [0, 0.05) is 27.2 Å². The van der Waals surface area contributed by atoms with Gasteiger partial charge < -0.3 is 20.3 Å². The first-order valence-electron chi connectivity index (χ1n) is 10.0. The first kappa shape index (κ1) is 24.6. The second-order valence-electron chi connectivity index (χ2n) is 9.40. The summed E-state index contributed by atoms with van der Waals surface area (Å²) in [5.74, 6) is 0.231. The van der Waals surface area contributed by atoms with Crippen molar-refractivity contribution >= 4 is 29.3 Å². The molecule has 0 radical (unpaired) electrons. The molecule has 2 aromatic rings. The summed E-state index contributed by atoms with van der Waals surface area (Å²) in [6, 6.07) is 9.88. The molecular weight excluding hydrogens is 414 g/mol. The van der Waals surface area contributed by atoms with Crippen LogP contribution >= 0.6 is 11.8 Å². The molecule has 0 heterocycles. The van der Waals surface area contributed by atoms with Crippen LogP contribution in [0.5, 0.6) is 17.2 Å². The second kappa shape index (κ2) is 9.64. The maximum Gasteiger partial charge on any atom is 0.307 e. The van der Waals surface area contributed by atoms with Gasteiger partial charge in [0.1, 0.15) is 5.75 Å². The molecule has 2 rings (SSSR count). The molecule has 0 spiro atoms. The van der Waals surface area contributed by atoms with Crippen LogP contribution in [0.15, 0.2) is 36.4 Å². The van der Waals surface area contributed by atoms with E-state index in [0.717, 1.165) is 5.56 Å². The van der Waals surface area contributed by atoms with Gasteiger partial charge in [-0.3, -0.25) is 9.59 Å². The molecule has 0 unspecified atom stereocenters. The van der Waals surface area contributed by atoms with Gasteiger partial charge in [0.25, 0.3) is 0 Å². The molecule has 0 saturated heterocycles. The van der Waals surface area contributed by atoms with Gasteiger partial charge in [-0.05, 0) is 35.9 Å². The molecule has 0 aliphatic rings. The van der Waals surface area contributed by atoms with Gasteiger partial charge in [-0.1, -0.05) is 47.6 Å². The van der Waals surface area contributed by atoms with E-state index >= 15 is 0 Å². The van der Waals surface area contributed by atoms with Crippen LogP contribution in [0.1, 0.15) is 52.7 Å². The van der Waals surface area contributed by atoms with E-state index < -0.39 is 11.4 Å². The number of anilines is 1. The number of rotatable bonds is 7. The Labute approximate surface area is 188 Å². The van der Waals surface area contributed by atoms with E-state index in [1.54, 1.807) is 30.0 Å². The van der Waals surface area contributed by atoms with Crippen LogP contribution in [0.4, 0.5) is 5.69 Å². The molecule has 0 aromatic heterocycles. The Hall–Kier alpha value is -2.67. The van der Waals surface area contributed by atoms with Crippen LogP contribution in [-0.4, -0.2) is 26.8 Å². The number of benzene rings is 2. The zero-order chi connectivity index (χ0) is 23.4. The third-order valence-corrected chi connectivity index (χ3v) is 5.58. The predicted octanol–water partition coefficient (Wildman–Crippen LogP) is 5.83. The number of carbonyl (C=O) groups is 2. The third-order valence-electron chi connectivity index (χ3n) is 4.26. The average molecular weight is 446 g/mol. The molecule has 7 heteroatoms. The minimum absolute atomic E-state index is 0.0193. The Kier molecular flexibility index (Phi) is 7.65. The number of carboxylic acid groups (broad SMARTS) is 1. The predicted molar refractivity (Wildman–Crippen MR) is 125 cm³/mol. The van der Waals surface area contributed by atoms with Crippen molar-refractivity contribution in [3.05, 3.63) is 47.5 Å². The molecule has 0 fully saturated rings. The van der Waals surface area contributed by atoms with Crippen molar-refractivity contribution in [3.63, 3.8) is 0 Å². The highest BCUT2D eigenvalue weighted by molar-refractivity contribution is 7.99. The van der Waals surface area contributed by atoms with Gasteiger partial charge in [-0.15, -0.1) is 0 Å². The summed E-state index contributed by atoms with van der Waals surface area (Å²) < 4.78 is 6.01. The van der Waals surface area contributed by atoms with Gasteiger partial charge >= 0.3 is 5.97 Å². The number of thioether (sulfide) groups is 1. The summed E-state index contributed by atoms with van der Waals surface area (Å²) in [4.78, 5) is 23.4. The summed E-state index contributed by atoms with van der Waals surface area (Å²) in [7, 11) is 0. The van der Waals surface area contributed by atoms with Crippen molar-refractivity contribution in [1.82, 2.24) is 0 Å². The van der Waals surface area contributed by atoms with E-state index in [2.05, 4.69) is 26.1 Å². The van der Waals surface area contributed by atoms with Crippen molar-refractivity contribution in [2.75, 3.05) is 5.32 Å². The quantitative estimate of drug-likeness (QED) is 0.496. The molecule has 0 bridgehead atoms. The maximum absolute atomic E-state index is 12.4. The van der Waals surface area contributed by atoms with E-state index in [1.165, 1.54) is 12.1 Å². The SMILES string of the molecule is CC(C)(C)SCc1cc(NC(=O)C(C)(C)C)ccc1Oc1cc(CC(=O)O)ccc1O. The van der Waals surface area contributed by atoms with Crippen LogP contribution in [0.2, 0.25) is 0 Å². The zero-order valence-corrected chi connectivity index (χ0v) is 19.7. The molecular formula is C24H31NO5S. The van der Waals surface area contributed by atoms with E-state index in [-0.39, 0.29) is 28.6 Å². The molecule has 3 N–H and O–H groups in total. The number of aliphatic carboxylic acids is 1. The summed E-state index contributed by atoms with van der Waals surface area (Å²) in [5.41, 5.74) is 1.53. The summed E-state index contributed by atoms with van der Waals surface area (Å²) in [5, 5.41) is 22.2. The Morgan fingerprint density at radius 2 is 1.68 bits per heavy atom. The number of aromatic hydroxyl groups is 1. The number of hydrogen-bond acceptors (Lipinski definition) is 5. The Morgan fingerprint density at radius 1 is 1.00 bits per heavy atom. The lowest BCUT2D eigenvalue weighted by Crippen LogP contribution is -2.27. The number of hydrogen-bond donors (Lipinski definition) is 3. The smallest absolute Gasteiger partial charge is 0.307 e. The number of phenolic OH excluding ortho intramolecular Hbond substituents is 1. The first-order chi connectivity index (χ1) is 14.2. The van der Waals surface area contributed by atoms with Gasteiger partial charge in [0.2, 0.25) is 5.91 Å². The number of amides is 1. The van der Waals surface area contributed by atoms with E-state index in [9.17, 15) is 14.7 Å². The molecule has 0 atom stereocenters. The molecule has 31 heavy (non-hydrogen) atoms. The van der Waals surface area contributed by atoms with Crippen molar-refractivity contribution < 1.29 is 24.5 Å². The molecule has 168 valence electrons. The van der Waals surface area contributed by atoms with Gasteiger partial charge in [-0.2, -0.15) is 11.8 Å². The van der Waals surface area contributed by atoms with Crippen LogP contribution in [0.25, 0.3) is 0 Å². The van der Waals surface area contributed by atoms with Crippen molar-refractivity contribution in [3.8, 4) is 17.2 Å². The topological polar surface area (TPSA) is 95.9 Å². The molecule has 0 aliphatic carbocycles. The standard InChI is InChI=1S/C24H31NO5S/c1-23(2,3)22(29)25-17-8-10-19(16(13-17)14-31-24(4,5)6)30-20-11-15(12-21(27)28)7-9-18(20)26/h7-11,13,26H,12,14H2,1-6H3,(H,25,29)(H,27,28). The highest BCUT2D eigenvalue weighted by Gasteiger charge is 2.22. The maximum atomic E-state index is 12.4. The van der Waals surface area contributed by atoms with Crippen LogP contribution in [-0.2, 0) is 21.8 Å². The fourth-order valence-electron chi connectivity index (χ4n) is 2.53. The van der Waals surface area contributed by atoms with Crippen LogP contribution in [0.3, 0.4) is 0 Å². The number of carboxylic acids is 1. The Balaban J connectivity index is 2.37. The largest absolute Gasteiger partial charge is 0.504 e. The van der Waals surface area contributed by atoms with Crippen molar-refractivity contribution in [2.45, 2.75) is 58.5 Å². The van der Waals surface area contributed by atoms with Gasteiger partial charge in [0.05, 0.1) is 6.42 Å². The Bertz CT molecular complexity index is 957. The van der Waals surface area contributed by atoms with E-state index in [1.807, 2.05) is 26.8 Å². The minimum Gasteiger partial charge on any atom is -0.504 e. The average Bonchev–Trinajstić information content (AvgIpc) is 2.62. The lowest BCUT2D eigenvalue weighted by Gasteiger charge is -2.21. The lowest BCUT2D eigenvalue weighted by molar-refractivity contribution is -0.136. The van der Waals surface area contributed by atoms with Crippen molar-refractivity contribution in [2.24, 2.45) is 5.41 Å². The molecule has 0 saturated carbocycles. The van der Waals surface area contributed by atoms with E-state index in [0.29, 0.717) is 22.8 Å². The molecule has 2 aromatic carbocycles. The van der Waals surface area contributed by atoms with E-state index in [4.69, 9.17) is 9.84 Å².